The van der Waals surface area contributed by atoms with Crippen LogP contribution in [0.2, 0.25) is 0 Å². The van der Waals surface area contributed by atoms with Gasteiger partial charge in [-0.25, -0.2) is 0 Å². The number of hydrogen-bond donors (Lipinski definition) is 0. The molecule has 0 fully saturated rings. The Morgan fingerprint density at radius 2 is 1.47 bits per heavy atom. The molecule has 0 atom stereocenters. The van der Waals surface area contributed by atoms with Gasteiger partial charge in [0.05, 0.1) is 0 Å². The molecule has 0 heteroatoms. The topological polar surface area (TPSA) is 0 Å². The van der Waals surface area contributed by atoms with E-state index in [9.17, 15) is 0 Å². The molecular weight excluding hydrogens is 180 g/mol. The zero-order chi connectivity index (χ0) is 12.7. The fraction of sp³-hybridized carbons (Fsp3) is 0.333. The second-order valence-corrected chi connectivity index (χ2v) is 2.09. The van der Waals surface area contributed by atoms with E-state index in [0.717, 1.165) is 11.1 Å². The van der Waals surface area contributed by atoms with E-state index in [1.165, 1.54) is 0 Å². The van der Waals surface area contributed by atoms with E-state index in [2.05, 4.69) is 19.7 Å². The van der Waals surface area contributed by atoms with E-state index in [4.69, 9.17) is 0 Å². The van der Waals surface area contributed by atoms with Crippen molar-refractivity contribution < 1.29 is 0 Å². The summed E-state index contributed by atoms with van der Waals surface area (Å²) in [6.45, 7) is 21.0. The van der Waals surface area contributed by atoms with Crippen LogP contribution in [0, 0.1) is 0 Å². The monoisotopic (exact) mass is 206 g/mol. The summed E-state index contributed by atoms with van der Waals surface area (Å²) >= 11 is 0. The lowest BCUT2D eigenvalue weighted by molar-refractivity contribution is 1.50. The lowest BCUT2D eigenvalue weighted by Crippen LogP contribution is -1.78. The molecule has 0 aliphatic carbocycles. The van der Waals surface area contributed by atoms with Crippen molar-refractivity contribution in [2.45, 2.75) is 34.6 Å². The molecule has 0 N–H and O–H groups in total. The largest absolute Gasteiger partial charge is 0.0990 e. The van der Waals surface area contributed by atoms with Crippen molar-refractivity contribution in [1.82, 2.24) is 0 Å². The second-order valence-electron chi connectivity index (χ2n) is 2.09. The molecule has 0 aliphatic rings. The van der Waals surface area contributed by atoms with E-state index in [1.54, 1.807) is 12.2 Å². The lowest BCUT2D eigenvalue weighted by atomic mass is 10.1. The fourth-order valence-electron chi connectivity index (χ4n) is 0.694. The molecule has 15 heavy (non-hydrogen) atoms. The van der Waals surface area contributed by atoms with E-state index in [0.29, 0.717) is 0 Å². The van der Waals surface area contributed by atoms with Crippen molar-refractivity contribution >= 4 is 0 Å². The van der Waals surface area contributed by atoms with Gasteiger partial charge < -0.3 is 0 Å². The van der Waals surface area contributed by atoms with Gasteiger partial charge in [0.15, 0.2) is 0 Å². The van der Waals surface area contributed by atoms with Crippen molar-refractivity contribution in [3.05, 3.63) is 61.3 Å². The third kappa shape index (κ3) is 12.7. The van der Waals surface area contributed by atoms with Crippen LogP contribution in [0.5, 0.6) is 0 Å². The van der Waals surface area contributed by atoms with Gasteiger partial charge in [-0.05, 0) is 18.1 Å². The van der Waals surface area contributed by atoms with Crippen LogP contribution in [0.3, 0.4) is 0 Å². The fourth-order valence-corrected chi connectivity index (χ4v) is 0.694. The van der Waals surface area contributed by atoms with Gasteiger partial charge in [-0.3, -0.25) is 0 Å². The summed E-state index contributed by atoms with van der Waals surface area (Å²) in [5.41, 5.74) is 1.97. The molecule has 0 aliphatic heterocycles. The van der Waals surface area contributed by atoms with Gasteiger partial charge >= 0.3 is 0 Å². The second kappa shape index (κ2) is 18.5. The minimum absolute atomic E-state index is 0.919. The first-order valence-electron chi connectivity index (χ1n) is 5.53. The Hall–Kier alpha value is -1.30. The van der Waals surface area contributed by atoms with Crippen molar-refractivity contribution in [2.24, 2.45) is 0 Å². The average molecular weight is 206 g/mol. The number of hydrogen-bond acceptors (Lipinski definition) is 0. The highest BCUT2D eigenvalue weighted by Gasteiger charge is 1.90. The van der Waals surface area contributed by atoms with Gasteiger partial charge in [-0.2, -0.15) is 0 Å². The van der Waals surface area contributed by atoms with Crippen LogP contribution in [-0.4, -0.2) is 0 Å². The standard InChI is InChI=1S/C11H14.2C2H6/c1-5-8-11(9-6-2)10(4)7-3;2*1-2/h5-9H,1,3-4H2,2H3;2*1-2H3/b9-6-,11-8-;;. The van der Waals surface area contributed by atoms with E-state index in [1.807, 2.05) is 52.8 Å². The van der Waals surface area contributed by atoms with Gasteiger partial charge in [0.2, 0.25) is 0 Å². The van der Waals surface area contributed by atoms with Crippen molar-refractivity contribution in [2.75, 3.05) is 0 Å². The molecule has 0 radical (unpaired) electrons. The van der Waals surface area contributed by atoms with Crippen LogP contribution >= 0.6 is 0 Å². The first-order chi connectivity index (χ1) is 7.26. The predicted octanol–water partition coefficient (Wildman–Crippen LogP) is 5.47. The average Bonchev–Trinajstić information content (AvgIpc) is 2.33. The van der Waals surface area contributed by atoms with Gasteiger partial charge in [-0.1, -0.05) is 77.8 Å². The van der Waals surface area contributed by atoms with E-state index in [-0.39, 0.29) is 0 Å². The summed E-state index contributed by atoms with van der Waals surface area (Å²) in [4.78, 5) is 0. The maximum absolute atomic E-state index is 3.83. The summed E-state index contributed by atoms with van der Waals surface area (Å²) in [6.07, 6.45) is 9.32. The number of rotatable bonds is 4. The third-order valence-corrected chi connectivity index (χ3v) is 1.26. The molecular formula is C15H26. The summed E-state index contributed by atoms with van der Waals surface area (Å²) in [6, 6.07) is 0. The summed E-state index contributed by atoms with van der Waals surface area (Å²) in [5, 5.41) is 0. The van der Waals surface area contributed by atoms with Crippen LogP contribution in [-0.2, 0) is 0 Å². The highest BCUT2D eigenvalue weighted by molar-refractivity contribution is 5.45. The zero-order valence-corrected chi connectivity index (χ0v) is 11.0. The molecule has 0 saturated carbocycles. The van der Waals surface area contributed by atoms with Crippen LogP contribution in [0.4, 0.5) is 0 Å². The predicted molar refractivity (Wildman–Crippen MR) is 75.1 cm³/mol. The first-order valence-corrected chi connectivity index (χ1v) is 5.53. The van der Waals surface area contributed by atoms with Gasteiger partial charge in [0, 0.05) is 0 Å². The molecule has 0 aromatic carbocycles. The minimum atomic E-state index is 0.919. The van der Waals surface area contributed by atoms with Crippen LogP contribution in [0.25, 0.3) is 0 Å². The van der Waals surface area contributed by atoms with Crippen LogP contribution in [0.15, 0.2) is 61.3 Å². The Kier molecular flexibility index (Phi) is 23.8. The third-order valence-electron chi connectivity index (χ3n) is 1.26. The van der Waals surface area contributed by atoms with Crippen molar-refractivity contribution in [3.8, 4) is 0 Å². The highest BCUT2D eigenvalue weighted by atomic mass is 13.9. The molecule has 0 spiro atoms. The SMILES string of the molecule is C=C/C=C(/C=C\C)C(=C)C=C.CC.CC. The van der Waals surface area contributed by atoms with Crippen molar-refractivity contribution in [3.63, 3.8) is 0 Å². The Morgan fingerprint density at radius 1 is 1.00 bits per heavy atom. The molecule has 0 aromatic heterocycles. The maximum atomic E-state index is 3.83. The van der Waals surface area contributed by atoms with Gasteiger partial charge in [0.25, 0.3) is 0 Å². The molecule has 0 amide bonds. The molecule has 0 aromatic rings. The summed E-state index contributed by atoms with van der Waals surface area (Å²) in [7, 11) is 0. The molecule has 0 unspecified atom stereocenters. The highest BCUT2D eigenvalue weighted by Crippen LogP contribution is 2.09. The molecule has 0 rings (SSSR count). The molecule has 0 heterocycles. The quantitative estimate of drug-likeness (QED) is 0.535. The van der Waals surface area contributed by atoms with E-state index < -0.39 is 0 Å². The lowest BCUT2D eigenvalue weighted by Gasteiger charge is -1.97. The Labute approximate surface area is 96.4 Å². The number of allylic oxidation sites excluding steroid dienone is 7. The molecule has 0 bridgehead atoms. The normalized spacial score (nSPS) is 9.27. The minimum Gasteiger partial charge on any atom is -0.0990 e. The van der Waals surface area contributed by atoms with Crippen LogP contribution in [0.1, 0.15) is 34.6 Å². The van der Waals surface area contributed by atoms with Crippen LogP contribution < -0.4 is 0 Å². The van der Waals surface area contributed by atoms with Gasteiger partial charge in [0.1, 0.15) is 0 Å². The van der Waals surface area contributed by atoms with Crippen molar-refractivity contribution in [1.29, 1.82) is 0 Å². The van der Waals surface area contributed by atoms with E-state index >= 15 is 0 Å². The summed E-state index contributed by atoms with van der Waals surface area (Å²) in [5.74, 6) is 0. The molecule has 86 valence electrons. The smallest absolute Gasteiger partial charge is 0.0194 e. The molecule has 0 nitrogen and oxygen atoms in total. The Bertz CT molecular complexity index is 214. The maximum Gasteiger partial charge on any atom is -0.0194 e. The molecule has 0 saturated heterocycles. The Morgan fingerprint density at radius 3 is 1.73 bits per heavy atom. The van der Waals surface area contributed by atoms with Gasteiger partial charge in [-0.15, -0.1) is 0 Å². The zero-order valence-electron chi connectivity index (χ0n) is 11.0. The summed E-state index contributed by atoms with van der Waals surface area (Å²) < 4.78 is 0. The Balaban J connectivity index is -0.000000318. The first kappa shape index (κ1) is 19.3.